The van der Waals surface area contributed by atoms with Crippen LogP contribution in [0.15, 0.2) is 18.2 Å². The molecule has 1 saturated heterocycles. The summed E-state index contributed by atoms with van der Waals surface area (Å²) in [5.41, 5.74) is 5.82. The molecule has 0 radical (unpaired) electrons. The number of carbonyl (C=O) groups excluding carboxylic acids is 4. The van der Waals surface area contributed by atoms with Crippen molar-refractivity contribution in [2.24, 2.45) is 0 Å². The fourth-order valence-electron chi connectivity index (χ4n) is 3.98. The van der Waals surface area contributed by atoms with Gasteiger partial charge in [-0.25, -0.2) is 4.79 Å². The Balaban J connectivity index is 1.44. The van der Waals surface area contributed by atoms with E-state index >= 15 is 0 Å². The molecule has 0 aromatic heterocycles. The molecule has 1 aromatic rings. The fraction of sp³-hybridized carbons (Fsp3) is 0.545. The van der Waals surface area contributed by atoms with Crippen molar-refractivity contribution in [1.29, 1.82) is 0 Å². The van der Waals surface area contributed by atoms with Crippen LogP contribution in [0.25, 0.3) is 0 Å². The molecular weight excluding hydrogens is 400 g/mol. The van der Waals surface area contributed by atoms with Crippen molar-refractivity contribution in [2.45, 2.75) is 70.9 Å². The quantitative estimate of drug-likeness (QED) is 0.471. The number of nitrogens with one attached hydrogen (secondary N) is 3. The van der Waals surface area contributed by atoms with Gasteiger partial charge in [0.1, 0.15) is 11.3 Å². The minimum Gasteiger partial charge on any atom is -0.481 e. The van der Waals surface area contributed by atoms with E-state index in [0.717, 1.165) is 35.3 Å². The third-order valence-corrected chi connectivity index (χ3v) is 6.07. The van der Waals surface area contributed by atoms with Gasteiger partial charge in [-0.05, 0) is 50.8 Å². The van der Waals surface area contributed by atoms with E-state index in [9.17, 15) is 19.2 Å². The van der Waals surface area contributed by atoms with Crippen LogP contribution >= 0.6 is 0 Å². The first-order valence-electron chi connectivity index (χ1n) is 10.7. The first-order valence-corrected chi connectivity index (χ1v) is 10.7. The average molecular weight is 431 g/mol. The molecule has 1 atom stereocenters. The summed E-state index contributed by atoms with van der Waals surface area (Å²) in [4.78, 5) is 50.4. The highest BCUT2D eigenvalue weighted by Crippen LogP contribution is 2.33. The molecule has 31 heavy (non-hydrogen) atoms. The van der Waals surface area contributed by atoms with E-state index in [1.165, 1.54) is 0 Å². The maximum Gasteiger partial charge on any atom is 0.325 e. The van der Waals surface area contributed by atoms with E-state index < -0.39 is 29.5 Å². The Morgan fingerprint density at radius 1 is 1.16 bits per heavy atom. The van der Waals surface area contributed by atoms with Gasteiger partial charge < -0.3 is 10.1 Å². The van der Waals surface area contributed by atoms with Gasteiger partial charge in [0, 0.05) is 13.0 Å². The molecular formula is C22H30N4O5. The standard InChI is InChI=1S/C22H30N4O5/c1-14-8-7-9-17(15(14)2)31-16(3)19(28)25-24-18(27)10-13-26-20(29)22(23-21(26)30)11-5-4-6-12-22/h7-9,16H,4-6,10-13H2,1-3H3,(H,23,30)(H,24,27)(H,25,28). The number of carbonyl (C=O) groups is 4. The summed E-state index contributed by atoms with van der Waals surface area (Å²) in [6, 6.07) is 5.12. The van der Waals surface area contributed by atoms with Gasteiger partial charge in [0.2, 0.25) is 5.91 Å². The second kappa shape index (κ2) is 9.36. The van der Waals surface area contributed by atoms with E-state index in [1.807, 2.05) is 26.0 Å². The van der Waals surface area contributed by atoms with Crippen molar-refractivity contribution in [1.82, 2.24) is 21.1 Å². The lowest BCUT2D eigenvalue weighted by atomic mass is 9.82. The van der Waals surface area contributed by atoms with Crippen molar-refractivity contribution < 1.29 is 23.9 Å². The van der Waals surface area contributed by atoms with Gasteiger partial charge in [-0.1, -0.05) is 31.4 Å². The maximum atomic E-state index is 12.7. The molecule has 3 rings (SSSR count). The van der Waals surface area contributed by atoms with Crippen molar-refractivity contribution in [2.75, 3.05) is 6.54 Å². The number of ether oxygens (including phenoxy) is 1. The van der Waals surface area contributed by atoms with E-state index in [1.54, 1.807) is 13.0 Å². The highest BCUT2D eigenvalue weighted by Gasteiger charge is 2.51. The lowest BCUT2D eigenvalue weighted by Gasteiger charge is -2.30. The van der Waals surface area contributed by atoms with Crippen molar-refractivity contribution >= 4 is 23.8 Å². The van der Waals surface area contributed by atoms with Crippen LogP contribution in [0.4, 0.5) is 4.79 Å². The molecule has 1 unspecified atom stereocenters. The molecule has 9 heteroatoms. The van der Waals surface area contributed by atoms with Crippen LogP contribution in [0, 0.1) is 13.8 Å². The van der Waals surface area contributed by atoms with Gasteiger partial charge in [0.15, 0.2) is 6.10 Å². The zero-order valence-electron chi connectivity index (χ0n) is 18.2. The molecule has 168 valence electrons. The largest absolute Gasteiger partial charge is 0.481 e. The second-order valence-electron chi connectivity index (χ2n) is 8.28. The van der Waals surface area contributed by atoms with E-state index in [4.69, 9.17) is 4.74 Å². The summed E-state index contributed by atoms with van der Waals surface area (Å²) in [6.45, 7) is 5.40. The highest BCUT2D eigenvalue weighted by atomic mass is 16.5. The average Bonchev–Trinajstić information content (AvgIpc) is 2.97. The van der Waals surface area contributed by atoms with Crippen LogP contribution in [0.3, 0.4) is 0 Å². The first-order chi connectivity index (χ1) is 14.7. The van der Waals surface area contributed by atoms with Crippen molar-refractivity contribution in [3.63, 3.8) is 0 Å². The van der Waals surface area contributed by atoms with E-state index in [-0.39, 0.29) is 18.9 Å². The van der Waals surface area contributed by atoms with Crippen LogP contribution in [-0.4, -0.2) is 46.8 Å². The van der Waals surface area contributed by atoms with Gasteiger partial charge in [-0.2, -0.15) is 0 Å². The number of amides is 5. The maximum absolute atomic E-state index is 12.7. The van der Waals surface area contributed by atoms with Crippen LogP contribution in [0.1, 0.15) is 56.6 Å². The Labute approximate surface area is 181 Å². The topological polar surface area (TPSA) is 117 Å². The molecule has 5 amide bonds. The van der Waals surface area contributed by atoms with Gasteiger partial charge in [0.25, 0.3) is 11.8 Å². The summed E-state index contributed by atoms with van der Waals surface area (Å²) in [7, 11) is 0. The normalized spacial score (nSPS) is 18.5. The predicted octanol–water partition coefficient (Wildman–Crippen LogP) is 1.86. The van der Waals surface area contributed by atoms with Crippen LogP contribution in [-0.2, 0) is 14.4 Å². The molecule has 1 heterocycles. The van der Waals surface area contributed by atoms with Crippen LogP contribution in [0.5, 0.6) is 5.75 Å². The number of rotatable bonds is 6. The van der Waals surface area contributed by atoms with Gasteiger partial charge in [0.05, 0.1) is 0 Å². The Bertz CT molecular complexity index is 879. The minimum atomic E-state index is -0.821. The van der Waals surface area contributed by atoms with Gasteiger partial charge in [-0.15, -0.1) is 0 Å². The number of nitrogens with zero attached hydrogens (tertiary/aromatic N) is 1. The third-order valence-electron chi connectivity index (χ3n) is 6.07. The fourth-order valence-corrected chi connectivity index (χ4v) is 3.98. The predicted molar refractivity (Wildman–Crippen MR) is 113 cm³/mol. The number of hydrogen-bond donors (Lipinski definition) is 3. The van der Waals surface area contributed by atoms with E-state index in [2.05, 4.69) is 16.2 Å². The van der Waals surface area contributed by atoms with Crippen LogP contribution in [0.2, 0.25) is 0 Å². The molecule has 1 aliphatic carbocycles. The minimum absolute atomic E-state index is 0.0390. The molecule has 1 aliphatic heterocycles. The number of aryl methyl sites for hydroxylation is 1. The number of imide groups is 1. The Morgan fingerprint density at radius 2 is 1.87 bits per heavy atom. The zero-order chi connectivity index (χ0) is 22.6. The molecule has 3 N–H and O–H groups in total. The lowest BCUT2D eigenvalue weighted by molar-refractivity contribution is -0.134. The summed E-state index contributed by atoms with van der Waals surface area (Å²) >= 11 is 0. The number of urea groups is 1. The Kier molecular flexibility index (Phi) is 6.82. The smallest absolute Gasteiger partial charge is 0.325 e. The van der Waals surface area contributed by atoms with Gasteiger partial charge >= 0.3 is 6.03 Å². The summed E-state index contributed by atoms with van der Waals surface area (Å²) in [5, 5.41) is 2.81. The SMILES string of the molecule is Cc1cccc(OC(C)C(=O)NNC(=O)CCN2C(=O)NC3(CCCCC3)C2=O)c1C. The molecule has 0 bridgehead atoms. The number of hydrazine groups is 1. The Morgan fingerprint density at radius 3 is 2.58 bits per heavy atom. The molecule has 2 aliphatic rings. The summed E-state index contributed by atoms with van der Waals surface area (Å²) in [5.74, 6) is -0.670. The monoisotopic (exact) mass is 430 g/mol. The van der Waals surface area contributed by atoms with Crippen molar-refractivity contribution in [3.05, 3.63) is 29.3 Å². The zero-order valence-corrected chi connectivity index (χ0v) is 18.2. The van der Waals surface area contributed by atoms with Crippen molar-refractivity contribution in [3.8, 4) is 5.75 Å². The van der Waals surface area contributed by atoms with E-state index in [0.29, 0.717) is 18.6 Å². The molecule has 2 fully saturated rings. The molecule has 1 aromatic carbocycles. The van der Waals surface area contributed by atoms with Crippen LogP contribution < -0.4 is 20.9 Å². The summed E-state index contributed by atoms with van der Waals surface area (Å²) in [6.07, 6.45) is 3.19. The second-order valence-corrected chi connectivity index (χ2v) is 8.28. The van der Waals surface area contributed by atoms with Gasteiger partial charge in [-0.3, -0.25) is 30.1 Å². The highest BCUT2D eigenvalue weighted by molar-refractivity contribution is 6.07. The number of benzene rings is 1. The summed E-state index contributed by atoms with van der Waals surface area (Å²) < 4.78 is 5.68. The molecule has 1 spiro atoms. The number of hydrogen-bond acceptors (Lipinski definition) is 5. The first kappa shape index (κ1) is 22.6. The molecule has 1 saturated carbocycles. The Hall–Kier alpha value is -3.10. The third kappa shape index (κ3) is 4.98. The lowest BCUT2D eigenvalue weighted by Crippen LogP contribution is -2.49. The molecule has 9 nitrogen and oxygen atoms in total.